The number of aromatic carboxylic acids is 1. The number of aryl methyl sites for hydroxylation is 3. The Morgan fingerprint density at radius 1 is 0.936 bits per heavy atom. The zero-order valence-electron chi connectivity index (χ0n) is 27.2. The molecule has 2 amide bonds. The lowest BCUT2D eigenvalue weighted by Crippen LogP contribution is -2.57. The van der Waals surface area contributed by atoms with E-state index in [0.29, 0.717) is 36.1 Å². The summed E-state index contributed by atoms with van der Waals surface area (Å²) in [4.78, 5) is 73.0. The second-order valence-corrected chi connectivity index (χ2v) is 11.9. The molecule has 4 aromatic rings. The average molecular weight is 647 g/mol. The van der Waals surface area contributed by atoms with Crippen LogP contribution in [0, 0.1) is 18.7 Å². The number of nitrogens with zero attached hydrogens (tertiary/aromatic N) is 5. The number of anilines is 1. The van der Waals surface area contributed by atoms with Gasteiger partial charge < -0.3 is 29.4 Å². The van der Waals surface area contributed by atoms with Gasteiger partial charge in [0.15, 0.2) is 0 Å². The highest BCUT2D eigenvalue weighted by atomic mass is 19.1. The maximum atomic E-state index is 15.4. The zero-order chi connectivity index (χ0) is 34.2. The summed E-state index contributed by atoms with van der Waals surface area (Å²) in [7, 11) is 0. The molecule has 47 heavy (non-hydrogen) atoms. The Kier molecular flexibility index (Phi) is 9.45. The predicted molar refractivity (Wildman–Crippen MR) is 177 cm³/mol. The summed E-state index contributed by atoms with van der Waals surface area (Å²) in [6.45, 7) is 11.2. The van der Waals surface area contributed by atoms with E-state index in [1.165, 1.54) is 12.4 Å². The molecule has 1 aliphatic rings. The van der Waals surface area contributed by atoms with Crippen LogP contribution >= 0.6 is 0 Å². The number of rotatable bonds is 9. The third-order valence-corrected chi connectivity index (χ3v) is 9.06. The second kappa shape index (κ2) is 13.3. The molecule has 0 bridgehead atoms. The number of hydrogen-bond acceptors (Lipinski definition) is 7. The molecule has 12 nitrogen and oxygen atoms in total. The Hall–Kier alpha value is -5.07. The predicted octanol–water partition coefficient (Wildman–Crippen LogP) is 3.39. The van der Waals surface area contributed by atoms with Crippen LogP contribution in [0.2, 0.25) is 0 Å². The minimum absolute atomic E-state index is 0.0163. The monoisotopic (exact) mass is 646 g/mol. The number of aromatic nitrogens is 3. The number of amides is 2. The van der Waals surface area contributed by atoms with Crippen LogP contribution in [-0.4, -0.2) is 74.1 Å². The number of carboxylic acid groups (broad SMARTS) is 1. The Morgan fingerprint density at radius 3 is 2.19 bits per heavy atom. The van der Waals surface area contributed by atoms with Crippen molar-refractivity contribution in [1.29, 1.82) is 0 Å². The molecule has 0 radical (unpaired) electrons. The number of benzene rings is 1. The first-order valence-corrected chi connectivity index (χ1v) is 15.8. The van der Waals surface area contributed by atoms with E-state index in [1.54, 1.807) is 44.1 Å². The van der Waals surface area contributed by atoms with Crippen molar-refractivity contribution in [2.75, 3.05) is 31.1 Å². The average Bonchev–Trinajstić information content (AvgIpc) is 3.06. The van der Waals surface area contributed by atoms with Crippen LogP contribution in [0.5, 0.6) is 0 Å². The Bertz CT molecular complexity index is 2010. The van der Waals surface area contributed by atoms with Gasteiger partial charge in [-0.15, -0.1) is 0 Å². The normalized spacial score (nSPS) is 14.8. The first kappa shape index (κ1) is 33.3. The summed E-state index contributed by atoms with van der Waals surface area (Å²) in [6, 6.07) is 5.11. The van der Waals surface area contributed by atoms with Crippen LogP contribution in [0.4, 0.5) is 10.1 Å². The van der Waals surface area contributed by atoms with E-state index < -0.39 is 40.2 Å². The van der Waals surface area contributed by atoms with Gasteiger partial charge in [0.25, 0.3) is 5.91 Å². The van der Waals surface area contributed by atoms with Gasteiger partial charge in [-0.3, -0.25) is 19.2 Å². The van der Waals surface area contributed by atoms with Gasteiger partial charge in [-0.25, -0.2) is 14.2 Å². The molecule has 4 heterocycles. The van der Waals surface area contributed by atoms with Crippen molar-refractivity contribution in [2.24, 2.45) is 5.92 Å². The first-order valence-electron chi connectivity index (χ1n) is 15.8. The second-order valence-electron chi connectivity index (χ2n) is 11.9. The van der Waals surface area contributed by atoms with E-state index in [4.69, 9.17) is 0 Å². The number of nitrogens with one attached hydrogen (secondary N) is 1. The summed E-state index contributed by atoms with van der Waals surface area (Å²) in [6.07, 6.45) is 3.35. The third kappa shape index (κ3) is 6.21. The summed E-state index contributed by atoms with van der Waals surface area (Å²) in [5, 5.41) is 12.6. The summed E-state index contributed by atoms with van der Waals surface area (Å²) in [5.74, 6) is -3.20. The number of carbonyl (C=O) groups excluding carboxylic acids is 2. The molecule has 0 saturated carbocycles. The number of hydrogen-bond donors (Lipinski definition) is 2. The quantitative estimate of drug-likeness (QED) is 0.281. The lowest BCUT2D eigenvalue weighted by atomic mass is 9.97. The van der Waals surface area contributed by atoms with Gasteiger partial charge in [0.05, 0.1) is 16.6 Å². The van der Waals surface area contributed by atoms with Crippen LogP contribution < -0.4 is 21.1 Å². The molecule has 0 aliphatic carbocycles. The molecule has 1 saturated heterocycles. The van der Waals surface area contributed by atoms with Crippen molar-refractivity contribution >= 4 is 45.4 Å². The molecule has 1 fully saturated rings. The molecule has 0 spiro atoms. The summed E-state index contributed by atoms with van der Waals surface area (Å²) >= 11 is 0. The molecule has 13 heteroatoms. The van der Waals surface area contributed by atoms with Crippen LogP contribution in [0.3, 0.4) is 0 Å². The first-order chi connectivity index (χ1) is 22.4. The van der Waals surface area contributed by atoms with Crippen LogP contribution in [0.1, 0.15) is 60.5 Å². The summed E-state index contributed by atoms with van der Waals surface area (Å²) < 4.78 is 18.7. The van der Waals surface area contributed by atoms with Gasteiger partial charge in [-0.1, -0.05) is 20.3 Å². The fraction of sp³-hybridized carbons (Fsp3) is 0.412. The van der Waals surface area contributed by atoms with E-state index >= 15 is 4.39 Å². The fourth-order valence-electron chi connectivity index (χ4n) is 6.08. The van der Waals surface area contributed by atoms with Crippen LogP contribution in [0.25, 0.3) is 21.9 Å². The van der Waals surface area contributed by atoms with Crippen LogP contribution in [0.15, 0.2) is 46.2 Å². The summed E-state index contributed by atoms with van der Waals surface area (Å²) in [5.41, 5.74) is 0.205. The SMILES string of the molecule is CC[C@H](C)[C@H](NC(=O)c1cn(CC)c2nc(C)ccc2c1=O)C(=O)N1CCN(c2cc3c(cc2F)c(=O)c(C(=O)O)cn3CC)CC1. The smallest absolute Gasteiger partial charge is 0.341 e. The molecule has 0 unspecified atom stereocenters. The number of carboxylic acids is 1. The topological polar surface area (TPSA) is 147 Å². The molecular weight excluding hydrogens is 607 g/mol. The molecule has 5 rings (SSSR count). The number of fused-ring (bicyclic) bond motifs is 2. The highest BCUT2D eigenvalue weighted by Gasteiger charge is 2.33. The highest BCUT2D eigenvalue weighted by molar-refractivity contribution is 5.99. The van der Waals surface area contributed by atoms with Crippen LogP contribution in [-0.2, 0) is 17.9 Å². The molecule has 1 aliphatic heterocycles. The van der Waals surface area contributed by atoms with Gasteiger partial charge in [-0.05, 0) is 51.0 Å². The molecule has 248 valence electrons. The van der Waals surface area contributed by atoms with E-state index in [-0.39, 0.29) is 54.6 Å². The molecule has 1 aromatic carbocycles. The molecular formula is C34H39FN6O6. The number of halogens is 1. The van der Waals surface area contributed by atoms with Crippen molar-refractivity contribution in [3.8, 4) is 0 Å². The van der Waals surface area contributed by atoms with Gasteiger partial charge in [0.2, 0.25) is 16.8 Å². The Labute approximate surface area is 270 Å². The Morgan fingerprint density at radius 2 is 1.57 bits per heavy atom. The minimum Gasteiger partial charge on any atom is -0.477 e. The molecule has 2 atom stereocenters. The van der Waals surface area contributed by atoms with E-state index in [2.05, 4.69) is 10.3 Å². The van der Waals surface area contributed by atoms with E-state index in [1.807, 2.05) is 27.7 Å². The fourth-order valence-corrected chi connectivity index (χ4v) is 6.08. The maximum Gasteiger partial charge on any atom is 0.341 e. The lowest BCUT2D eigenvalue weighted by molar-refractivity contribution is -0.134. The van der Waals surface area contributed by atoms with Gasteiger partial charge in [-0.2, -0.15) is 0 Å². The highest BCUT2D eigenvalue weighted by Crippen LogP contribution is 2.27. The molecule has 2 N–H and O–H groups in total. The molecule has 3 aromatic heterocycles. The zero-order valence-corrected chi connectivity index (χ0v) is 27.2. The number of pyridine rings is 3. The maximum absolute atomic E-state index is 15.4. The van der Waals surface area contributed by atoms with Gasteiger partial charge in [0.1, 0.15) is 28.6 Å². The largest absolute Gasteiger partial charge is 0.477 e. The van der Waals surface area contributed by atoms with E-state index in [0.717, 1.165) is 11.8 Å². The lowest BCUT2D eigenvalue weighted by Gasteiger charge is -2.38. The van der Waals surface area contributed by atoms with Gasteiger partial charge in [0, 0.05) is 62.7 Å². The van der Waals surface area contributed by atoms with Crippen molar-refractivity contribution in [3.63, 3.8) is 0 Å². The Balaban J connectivity index is 1.37. The minimum atomic E-state index is -1.38. The third-order valence-electron chi connectivity index (χ3n) is 9.06. The van der Waals surface area contributed by atoms with Crippen molar-refractivity contribution in [2.45, 2.75) is 60.2 Å². The van der Waals surface area contributed by atoms with E-state index in [9.17, 15) is 29.1 Å². The number of carbonyl (C=O) groups is 3. The standard InChI is InChI=1S/C34H39FN6O6/c1-6-19(4)28(37-32(44)23-17-39(8-3)31-21(29(23)42)10-9-20(5)36-31)33(45)41-13-11-40(12-14-41)27-16-26-22(15-25(27)35)30(43)24(34(46)47)18-38(26)7-2/h9-10,15-19,28H,6-8,11-14H2,1-5H3,(H,37,44)(H,46,47)/t19-,28-/m0/s1. The van der Waals surface area contributed by atoms with Gasteiger partial charge >= 0.3 is 5.97 Å². The van der Waals surface area contributed by atoms with Crippen molar-refractivity contribution in [3.05, 3.63) is 79.7 Å². The number of piperazine rings is 1. The van der Waals surface area contributed by atoms with Crippen molar-refractivity contribution in [1.82, 2.24) is 24.3 Å². The van der Waals surface area contributed by atoms with Crippen molar-refractivity contribution < 1.29 is 23.9 Å².